The van der Waals surface area contributed by atoms with Crippen LogP contribution in [0.25, 0.3) is 10.9 Å². The predicted molar refractivity (Wildman–Crippen MR) is 101 cm³/mol. The maximum atomic E-state index is 14.6. The first-order valence-corrected chi connectivity index (χ1v) is 9.74. The number of fused-ring (bicyclic) bond motifs is 1. The van der Waals surface area contributed by atoms with Gasteiger partial charge in [-0.3, -0.25) is 14.2 Å². The number of carbonyl (C=O) groups excluding carboxylic acids is 1. The number of para-hydroxylation sites is 1. The van der Waals surface area contributed by atoms with E-state index in [1.54, 1.807) is 21.9 Å². The van der Waals surface area contributed by atoms with Crippen molar-refractivity contribution in [3.05, 3.63) is 40.9 Å². The first-order chi connectivity index (χ1) is 13.1. The number of halogens is 1. The number of nitrogens with zero attached hydrogens (tertiary/aromatic N) is 3. The summed E-state index contributed by atoms with van der Waals surface area (Å²) in [6, 6.07) is 7.30. The van der Waals surface area contributed by atoms with Gasteiger partial charge in [0.2, 0.25) is 0 Å². The van der Waals surface area contributed by atoms with Crippen LogP contribution < -0.4 is 10.9 Å². The number of hydrogen-bond acceptors (Lipinski definition) is 4. The molecule has 0 spiro atoms. The van der Waals surface area contributed by atoms with Gasteiger partial charge in [-0.15, -0.1) is 0 Å². The summed E-state index contributed by atoms with van der Waals surface area (Å²) in [6.45, 7) is 2.51. The first kappa shape index (κ1) is 18.1. The van der Waals surface area contributed by atoms with Crippen molar-refractivity contribution < 1.29 is 9.18 Å². The molecule has 2 aromatic rings. The molecule has 2 aliphatic heterocycles. The summed E-state index contributed by atoms with van der Waals surface area (Å²) >= 11 is 0. The SMILES string of the molecule is O=C(C(F)C1CCNCC1)N1CCC(n2cnc3ccccc3c2=O)CC1. The van der Waals surface area contributed by atoms with Gasteiger partial charge >= 0.3 is 0 Å². The molecule has 2 aliphatic rings. The molecule has 1 amide bonds. The highest BCUT2D eigenvalue weighted by Crippen LogP contribution is 2.25. The summed E-state index contributed by atoms with van der Waals surface area (Å²) in [5.74, 6) is -0.562. The molecule has 6 nitrogen and oxygen atoms in total. The highest BCUT2D eigenvalue weighted by atomic mass is 19.1. The second-order valence-electron chi connectivity index (χ2n) is 7.52. The third-order valence-corrected chi connectivity index (χ3v) is 5.89. The Bertz CT molecular complexity index is 870. The van der Waals surface area contributed by atoms with Crippen molar-refractivity contribution in [3.63, 3.8) is 0 Å². The molecule has 1 N–H and O–H groups in total. The minimum Gasteiger partial charge on any atom is -0.340 e. The molecule has 0 radical (unpaired) electrons. The van der Waals surface area contributed by atoms with E-state index in [2.05, 4.69) is 10.3 Å². The van der Waals surface area contributed by atoms with Gasteiger partial charge in [-0.2, -0.15) is 0 Å². The third kappa shape index (κ3) is 3.60. The van der Waals surface area contributed by atoms with Crippen LogP contribution in [0.1, 0.15) is 31.7 Å². The zero-order chi connectivity index (χ0) is 18.8. The Morgan fingerprint density at radius 1 is 1.15 bits per heavy atom. The van der Waals surface area contributed by atoms with Crippen LogP contribution in [0.2, 0.25) is 0 Å². The average molecular weight is 372 g/mol. The first-order valence-electron chi connectivity index (χ1n) is 9.74. The number of nitrogens with one attached hydrogen (secondary N) is 1. The minimum atomic E-state index is -1.41. The van der Waals surface area contributed by atoms with Crippen LogP contribution in [-0.4, -0.2) is 52.7 Å². The van der Waals surface area contributed by atoms with Gasteiger partial charge in [-0.05, 0) is 50.9 Å². The van der Waals surface area contributed by atoms with Gasteiger partial charge in [0.25, 0.3) is 11.5 Å². The summed E-state index contributed by atoms with van der Waals surface area (Å²) in [4.78, 5) is 31.3. The smallest absolute Gasteiger partial charge is 0.261 e. The number of aromatic nitrogens is 2. The molecule has 1 atom stereocenters. The van der Waals surface area contributed by atoms with Crippen LogP contribution >= 0.6 is 0 Å². The van der Waals surface area contributed by atoms with E-state index in [0.29, 0.717) is 49.7 Å². The monoisotopic (exact) mass is 372 g/mol. The van der Waals surface area contributed by atoms with Gasteiger partial charge in [0, 0.05) is 25.0 Å². The normalized spacial score (nSPS) is 20.7. The van der Waals surface area contributed by atoms with Crippen molar-refractivity contribution >= 4 is 16.8 Å². The van der Waals surface area contributed by atoms with E-state index in [1.807, 2.05) is 18.2 Å². The number of hydrogen-bond donors (Lipinski definition) is 1. The lowest BCUT2D eigenvalue weighted by Crippen LogP contribution is -2.47. The van der Waals surface area contributed by atoms with E-state index in [-0.39, 0.29) is 23.4 Å². The molecular weight excluding hydrogens is 347 g/mol. The van der Waals surface area contributed by atoms with E-state index in [4.69, 9.17) is 0 Å². The highest BCUT2D eigenvalue weighted by molar-refractivity contribution is 5.81. The van der Waals surface area contributed by atoms with E-state index in [1.165, 1.54) is 0 Å². The fourth-order valence-corrected chi connectivity index (χ4v) is 4.22. The Labute approximate surface area is 157 Å². The summed E-state index contributed by atoms with van der Waals surface area (Å²) in [7, 11) is 0. The molecule has 2 saturated heterocycles. The van der Waals surface area contributed by atoms with Crippen molar-refractivity contribution in [1.29, 1.82) is 0 Å². The lowest BCUT2D eigenvalue weighted by molar-refractivity contribution is -0.140. The van der Waals surface area contributed by atoms with Gasteiger partial charge in [-0.25, -0.2) is 9.37 Å². The second kappa shape index (κ2) is 7.76. The Hall–Kier alpha value is -2.28. The summed E-state index contributed by atoms with van der Waals surface area (Å²) in [5.41, 5.74) is 0.636. The van der Waals surface area contributed by atoms with Crippen LogP contribution in [0, 0.1) is 5.92 Å². The number of amides is 1. The molecule has 1 aromatic heterocycles. The average Bonchev–Trinajstić information content (AvgIpc) is 2.74. The van der Waals surface area contributed by atoms with E-state index in [9.17, 15) is 14.0 Å². The van der Waals surface area contributed by atoms with Crippen molar-refractivity contribution in [2.75, 3.05) is 26.2 Å². The largest absolute Gasteiger partial charge is 0.340 e. The van der Waals surface area contributed by atoms with Crippen LogP contribution in [0.5, 0.6) is 0 Å². The summed E-state index contributed by atoms with van der Waals surface area (Å²) < 4.78 is 16.3. The van der Waals surface area contributed by atoms with E-state index >= 15 is 0 Å². The second-order valence-corrected chi connectivity index (χ2v) is 7.52. The number of benzene rings is 1. The molecule has 2 fully saturated rings. The van der Waals surface area contributed by atoms with E-state index in [0.717, 1.165) is 13.1 Å². The Morgan fingerprint density at radius 2 is 1.85 bits per heavy atom. The Morgan fingerprint density at radius 3 is 2.59 bits per heavy atom. The number of rotatable bonds is 3. The zero-order valence-corrected chi connectivity index (χ0v) is 15.3. The number of piperidine rings is 2. The molecule has 3 heterocycles. The van der Waals surface area contributed by atoms with Crippen LogP contribution in [0.4, 0.5) is 4.39 Å². The third-order valence-electron chi connectivity index (χ3n) is 5.89. The fraction of sp³-hybridized carbons (Fsp3) is 0.550. The number of likely N-dealkylation sites (tertiary alicyclic amines) is 1. The zero-order valence-electron chi connectivity index (χ0n) is 15.3. The quantitative estimate of drug-likeness (QED) is 0.894. The maximum Gasteiger partial charge on any atom is 0.261 e. The Balaban J connectivity index is 1.42. The standard InChI is InChI=1S/C20H25FN4O2/c21-18(14-5-9-22-10-6-14)20(27)24-11-7-15(8-12-24)25-13-23-17-4-2-1-3-16(17)19(25)26/h1-4,13-15,18,22H,5-12H2. The molecule has 27 heavy (non-hydrogen) atoms. The molecule has 1 unspecified atom stereocenters. The van der Waals surface area contributed by atoms with Crippen LogP contribution in [0.15, 0.2) is 35.4 Å². The van der Waals surface area contributed by atoms with Crippen LogP contribution in [0.3, 0.4) is 0 Å². The van der Waals surface area contributed by atoms with Gasteiger partial charge in [0.1, 0.15) is 0 Å². The van der Waals surface area contributed by atoms with Gasteiger partial charge in [0.05, 0.1) is 17.2 Å². The molecule has 0 bridgehead atoms. The van der Waals surface area contributed by atoms with Crippen molar-refractivity contribution in [2.45, 2.75) is 37.9 Å². The van der Waals surface area contributed by atoms with Crippen molar-refractivity contribution in [2.24, 2.45) is 5.92 Å². The summed E-state index contributed by atoms with van der Waals surface area (Å²) in [6.07, 6.45) is 2.90. The molecule has 4 rings (SSSR count). The molecule has 0 aliphatic carbocycles. The number of carbonyl (C=O) groups is 1. The van der Waals surface area contributed by atoms with Gasteiger partial charge < -0.3 is 10.2 Å². The van der Waals surface area contributed by atoms with Gasteiger partial charge in [0.15, 0.2) is 6.17 Å². The van der Waals surface area contributed by atoms with E-state index < -0.39 is 6.17 Å². The Kier molecular flexibility index (Phi) is 5.20. The topological polar surface area (TPSA) is 67.2 Å². The number of alkyl halides is 1. The molecule has 1 aromatic carbocycles. The van der Waals surface area contributed by atoms with Crippen LogP contribution in [-0.2, 0) is 4.79 Å². The van der Waals surface area contributed by atoms with Crippen molar-refractivity contribution in [1.82, 2.24) is 19.8 Å². The lowest BCUT2D eigenvalue weighted by Gasteiger charge is -2.35. The lowest BCUT2D eigenvalue weighted by atomic mass is 9.92. The highest BCUT2D eigenvalue weighted by Gasteiger charge is 2.34. The molecular formula is C20H25FN4O2. The van der Waals surface area contributed by atoms with Gasteiger partial charge in [-0.1, -0.05) is 12.1 Å². The van der Waals surface area contributed by atoms with Crippen molar-refractivity contribution in [3.8, 4) is 0 Å². The maximum absolute atomic E-state index is 14.6. The predicted octanol–water partition coefficient (Wildman–Crippen LogP) is 1.90. The fourth-order valence-electron chi connectivity index (χ4n) is 4.22. The minimum absolute atomic E-state index is 0.00408. The molecule has 7 heteroatoms. The summed E-state index contributed by atoms with van der Waals surface area (Å²) in [5, 5.41) is 3.80. The molecule has 0 saturated carbocycles. The molecule has 144 valence electrons.